The highest BCUT2D eigenvalue weighted by Crippen LogP contribution is 2.18. The van der Waals surface area contributed by atoms with Crippen molar-refractivity contribution in [2.75, 3.05) is 0 Å². The standard InChI is InChI=1S/C18H14N4OS/c1-12(16-19-17(23)15-8-10-24-18(15)20-16)11-13-7-9-22(21-13)14-5-3-2-4-6-14/h2-11H,1H3,(H,19,20,23)/b12-11+. The molecule has 0 saturated heterocycles. The molecule has 5 nitrogen and oxygen atoms in total. The van der Waals surface area contributed by atoms with Gasteiger partial charge in [0.2, 0.25) is 0 Å². The van der Waals surface area contributed by atoms with Crippen LogP contribution in [0.3, 0.4) is 0 Å². The molecule has 4 rings (SSSR count). The van der Waals surface area contributed by atoms with Gasteiger partial charge in [0, 0.05) is 6.20 Å². The van der Waals surface area contributed by atoms with Crippen LogP contribution in [0.5, 0.6) is 0 Å². The molecule has 1 aromatic carbocycles. The van der Waals surface area contributed by atoms with E-state index in [-0.39, 0.29) is 5.56 Å². The third-order valence-electron chi connectivity index (χ3n) is 3.70. The van der Waals surface area contributed by atoms with Crippen LogP contribution >= 0.6 is 11.3 Å². The van der Waals surface area contributed by atoms with E-state index in [0.29, 0.717) is 11.2 Å². The molecule has 6 heteroatoms. The molecule has 0 fully saturated rings. The molecule has 4 aromatic rings. The molecule has 0 aliphatic rings. The Hall–Kier alpha value is -2.99. The van der Waals surface area contributed by atoms with E-state index < -0.39 is 0 Å². The molecular formula is C18H14N4OS. The molecule has 24 heavy (non-hydrogen) atoms. The third kappa shape index (κ3) is 2.68. The lowest BCUT2D eigenvalue weighted by atomic mass is 10.2. The zero-order valence-corrected chi connectivity index (χ0v) is 13.7. The van der Waals surface area contributed by atoms with Crippen molar-refractivity contribution in [2.45, 2.75) is 6.92 Å². The average molecular weight is 334 g/mol. The fourth-order valence-electron chi connectivity index (χ4n) is 2.48. The predicted octanol–water partition coefficient (Wildman–Crippen LogP) is 3.73. The number of nitrogens with one attached hydrogen (secondary N) is 1. The first-order chi connectivity index (χ1) is 11.7. The Bertz CT molecular complexity index is 1090. The average Bonchev–Trinajstić information content (AvgIpc) is 3.25. The van der Waals surface area contributed by atoms with E-state index in [0.717, 1.165) is 21.8 Å². The van der Waals surface area contributed by atoms with Crippen molar-refractivity contribution in [2.24, 2.45) is 0 Å². The van der Waals surface area contributed by atoms with E-state index >= 15 is 0 Å². The summed E-state index contributed by atoms with van der Waals surface area (Å²) in [4.78, 5) is 20.2. The van der Waals surface area contributed by atoms with Crippen molar-refractivity contribution < 1.29 is 0 Å². The monoisotopic (exact) mass is 334 g/mol. The lowest BCUT2D eigenvalue weighted by molar-refractivity contribution is 0.876. The molecule has 1 N–H and O–H groups in total. The highest BCUT2D eigenvalue weighted by molar-refractivity contribution is 7.16. The number of H-pyrrole nitrogens is 1. The minimum absolute atomic E-state index is 0.112. The first kappa shape index (κ1) is 14.6. The van der Waals surface area contributed by atoms with Crippen molar-refractivity contribution in [1.29, 1.82) is 0 Å². The minimum atomic E-state index is -0.112. The quantitative estimate of drug-likeness (QED) is 0.621. The molecule has 0 amide bonds. The number of rotatable bonds is 3. The number of nitrogens with zero attached hydrogens (tertiary/aromatic N) is 3. The van der Waals surface area contributed by atoms with Gasteiger partial charge in [-0.1, -0.05) is 18.2 Å². The van der Waals surface area contributed by atoms with Gasteiger partial charge in [0.25, 0.3) is 5.56 Å². The maximum absolute atomic E-state index is 12.1. The zero-order chi connectivity index (χ0) is 16.5. The Labute approximate surface area is 141 Å². The summed E-state index contributed by atoms with van der Waals surface area (Å²) >= 11 is 1.46. The summed E-state index contributed by atoms with van der Waals surface area (Å²) in [6.07, 6.45) is 3.82. The third-order valence-corrected chi connectivity index (χ3v) is 4.51. The van der Waals surface area contributed by atoms with Crippen molar-refractivity contribution in [3.05, 3.63) is 75.9 Å². The number of allylic oxidation sites excluding steroid dienone is 1. The van der Waals surface area contributed by atoms with Gasteiger partial charge >= 0.3 is 0 Å². The van der Waals surface area contributed by atoms with Crippen molar-refractivity contribution >= 4 is 33.2 Å². The molecule has 3 aromatic heterocycles. The second-order valence-corrected chi connectivity index (χ2v) is 6.30. The minimum Gasteiger partial charge on any atom is -0.306 e. The van der Waals surface area contributed by atoms with E-state index in [1.807, 2.05) is 65.7 Å². The number of aromatic amines is 1. The molecule has 0 radical (unpaired) electrons. The molecule has 0 atom stereocenters. The van der Waals surface area contributed by atoms with Crippen LogP contribution in [0.15, 0.2) is 58.8 Å². The molecule has 0 bridgehead atoms. The summed E-state index contributed by atoms with van der Waals surface area (Å²) in [7, 11) is 0. The number of hydrogen-bond donors (Lipinski definition) is 1. The number of thiophene rings is 1. The van der Waals surface area contributed by atoms with Crippen LogP contribution in [-0.2, 0) is 0 Å². The maximum Gasteiger partial charge on any atom is 0.259 e. The molecule has 118 valence electrons. The number of para-hydroxylation sites is 1. The Kier molecular flexibility index (Phi) is 3.59. The van der Waals surface area contributed by atoms with Gasteiger partial charge in [-0.25, -0.2) is 9.67 Å². The van der Waals surface area contributed by atoms with Gasteiger partial charge in [-0.2, -0.15) is 5.10 Å². The van der Waals surface area contributed by atoms with E-state index in [1.54, 1.807) is 6.07 Å². The van der Waals surface area contributed by atoms with Gasteiger partial charge in [-0.15, -0.1) is 11.3 Å². The molecule has 0 aliphatic heterocycles. The summed E-state index contributed by atoms with van der Waals surface area (Å²) in [5.74, 6) is 0.573. The van der Waals surface area contributed by atoms with Gasteiger partial charge in [-0.05, 0) is 48.2 Å². The summed E-state index contributed by atoms with van der Waals surface area (Å²) in [6.45, 7) is 1.92. The van der Waals surface area contributed by atoms with Crippen LogP contribution in [0, 0.1) is 0 Å². The van der Waals surface area contributed by atoms with Gasteiger partial charge in [-0.3, -0.25) is 4.79 Å². The first-order valence-electron chi connectivity index (χ1n) is 7.48. The summed E-state index contributed by atoms with van der Waals surface area (Å²) < 4.78 is 1.82. The fourth-order valence-corrected chi connectivity index (χ4v) is 3.25. The van der Waals surface area contributed by atoms with Crippen LogP contribution < -0.4 is 5.56 Å². The Morgan fingerprint density at radius 1 is 1.21 bits per heavy atom. The number of hydrogen-bond acceptors (Lipinski definition) is 4. The van der Waals surface area contributed by atoms with Crippen LogP contribution in [0.4, 0.5) is 0 Å². The van der Waals surface area contributed by atoms with Crippen LogP contribution in [-0.4, -0.2) is 19.7 Å². The summed E-state index contributed by atoms with van der Waals surface area (Å²) in [6, 6.07) is 13.6. The SMILES string of the molecule is C/C(=C\c1ccn(-c2ccccc2)n1)c1nc2sccc2c(=O)[nH]1. The van der Waals surface area contributed by atoms with Gasteiger partial charge in [0.1, 0.15) is 10.7 Å². The van der Waals surface area contributed by atoms with Crippen LogP contribution in [0.25, 0.3) is 27.6 Å². The van der Waals surface area contributed by atoms with Gasteiger partial charge < -0.3 is 4.98 Å². The van der Waals surface area contributed by atoms with Crippen LogP contribution in [0.2, 0.25) is 0 Å². The largest absolute Gasteiger partial charge is 0.306 e. The highest BCUT2D eigenvalue weighted by Gasteiger charge is 2.07. The molecule has 0 unspecified atom stereocenters. The summed E-state index contributed by atoms with van der Waals surface area (Å²) in [5, 5.41) is 7.05. The Balaban J connectivity index is 1.69. The van der Waals surface area contributed by atoms with Crippen molar-refractivity contribution in [3.63, 3.8) is 0 Å². The van der Waals surface area contributed by atoms with Gasteiger partial charge in [0.05, 0.1) is 16.8 Å². The van der Waals surface area contributed by atoms with E-state index in [9.17, 15) is 4.79 Å². The predicted molar refractivity (Wildman–Crippen MR) is 97.3 cm³/mol. The molecule has 0 spiro atoms. The maximum atomic E-state index is 12.1. The normalized spacial score (nSPS) is 12.0. The van der Waals surface area contributed by atoms with Crippen molar-refractivity contribution in [3.8, 4) is 5.69 Å². The lowest BCUT2D eigenvalue weighted by Gasteiger charge is -2.01. The second-order valence-electron chi connectivity index (χ2n) is 5.40. The number of fused-ring (bicyclic) bond motifs is 1. The van der Waals surface area contributed by atoms with E-state index in [1.165, 1.54) is 11.3 Å². The molecule has 0 saturated carbocycles. The molecule has 3 heterocycles. The first-order valence-corrected chi connectivity index (χ1v) is 8.36. The van der Waals surface area contributed by atoms with Crippen molar-refractivity contribution in [1.82, 2.24) is 19.7 Å². The summed E-state index contributed by atoms with van der Waals surface area (Å²) in [5.41, 5.74) is 2.56. The molecular weight excluding hydrogens is 320 g/mol. The van der Waals surface area contributed by atoms with Gasteiger partial charge in [0.15, 0.2) is 0 Å². The topological polar surface area (TPSA) is 63.6 Å². The lowest BCUT2D eigenvalue weighted by Crippen LogP contribution is -2.09. The zero-order valence-electron chi connectivity index (χ0n) is 12.9. The highest BCUT2D eigenvalue weighted by atomic mass is 32.1. The Morgan fingerprint density at radius 2 is 2.04 bits per heavy atom. The number of benzene rings is 1. The van der Waals surface area contributed by atoms with E-state index in [4.69, 9.17) is 0 Å². The van der Waals surface area contributed by atoms with Crippen LogP contribution in [0.1, 0.15) is 18.4 Å². The fraction of sp³-hybridized carbons (Fsp3) is 0.0556. The smallest absolute Gasteiger partial charge is 0.259 e. The van der Waals surface area contributed by atoms with E-state index in [2.05, 4.69) is 15.1 Å². The second kappa shape index (κ2) is 5.90. The number of aromatic nitrogens is 4. The Morgan fingerprint density at radius 3 is 2.88 bits per heavy atom. The molecule has 0 aliphatic carbocycles.